The highest BCUT2D eigenvalue weighted by molar-refractivity contribution is 5.70. The lowest BCUT2D eigenvalue weighted by molar-refractivity contribution is -0.152. The molecule has 0 aromatic rings. The number of hydrogen-bond donors (Lipinski definition) is 2. The Labute approximate surface area is 217 Å². The first-order valence-electron chi connectivity index (χ1n) is 14.2. The van der Waals surface area contributed by atoms with Gasteiger partial charge in [-0.3, -0.25) is 19.2 Å². The predicted molar refractivity (Wildman–Crippen MR) is 139 cm³/mol. The number of ether oxygens (including phenoxy) is 2. The SMILES string of the molecule is O=C(O)CCCCCCCCCCCC(=O)O.O=C1CCCCCCCCCCCC(=O)OCCO1. The molecular weight excluding hydrogens is 464 g/mol. The van der Waals surface area contributed by atoms with E-state index in [9.17, 15) is 19.2 Å². The summed E-state index contributed by atoms with van der Waals surface area (Å²) < 4.78 is 10.00. The second-order valence-corrected chi connectivity index (χ2v) is 9.59. The number of carbonyl (C=O) groups is 4. The van der Waals surface area contributed by atoms with Gasteiger partial charge >= 0.3 is 23.9 Å². The number of hydrogen-bond acceptors (Lipinski definition) is 6. The van der Waals surface area contributed by atoms with Crippen LogP contribution in [0, 0.1) is 0 Å². The number of aliphatic carboxylic acids is 2. The molecule has 0 aromatic carbocycles. The van der Waals surface area contributed by atoms with Gasteiger partial charge in [0.05, 0.1) is 0 Å². The summed E-state index contributed by atoms with van der Waals surface area (Å²) in [6.45, 7) is 0.370. The second-order valence-electron chi connectivity index (χ2n) is 9.59. The average Bonchev–Trinajstić information content (AvgIpc) is 2.83. The number of unbranched alkanes of at least 4 members (excludes halogenated alkanes) is 8. The highest BCUT2D eigenvalue weighted by Crippen LogP contribution is 2.13. The van der Waals surface area contributed by atoms with Gasteiger partial charge in [-0.05, 0) is 25.7 Å². The van der Waals surface area contributed by atoms with E-state index in [1.807, 2.05) is 0 Å². The largest absolute Gasteiger partial charge is 0.481 e. The van der Waals surface area contributed by atoms with Gasteiger partial charge in [0.2, 0.25) is 0 Å². The van der Waals surface area contributed by atoms with Crippen LogP contribution >= 0.6 is 0 Å². The number of carbonyl (C=O) groups excluding carboxylic acids is 2. The van der Waals surface area contributed by atoms with Crippen LogP contribution in [-0.4, -0.2) is 47.3 Å². The molecule has 8 heteroatoms. The molecule has 1 fully saturated rings. The van der Waals surface area contributed by atoms with Gasteiger partial charge in [-0.15, -0.1) is 0 Å². The van der Waals surface area contributed by atoms with Gasteiger partial charge in [-0.1, -0.05) is 89.9 Å². The topological polar surface area (TPSA) is 127 Å². The van der Waals surface area contributed by atoms with E-state index in [2.05, 4.69) is 0 Å². The van der Waals surface area contributed by atoms with Gasteiger partial charge in [0.25, 0.3) is 0 Å². The summed E-state index contributed by atoms with van der Waals surface area (Å²) >= 11 is 0. The van der Waals surface area contributed by atoms with Crippen LogP contribution < -0.4 is 0 Å². The molecule has 0 amide bonds. The molecule has 2 N–H and O–H groups in total. The van der Waals surface area contributed by atoms with Crippen molar-refractivity contribution in [3.05, 3.63) is 0 Å². The summed E-state index contributed by atoms with van der Waals surface area (Å²) in [5.41, 5.74) is 0. The van der Waals surface area contributed by atoms with Crippen LogP contribution in [0.25, 0.3) is 0 Å². The van der Waals surface area contributed by atoms with E-state index in [1.54, 1.807) is 0 Å². The molecule has 0 unspecified atom stereocenters. The lowest BCUT2D eigenvalue weighted by atomic mass is 10.1. The zero-order valence-electron chi connectivity index (χ0n) is 22.3. The maximum atomic E-state index is 11.3. The van der Waals surface area contributed by atoms with Crippen LogP contribution in [0.3, 0.4) is 0 Å². The standard InChI is InChI=1S/C15H26O4.C13H24O4/c16-14-10-8-6-4-2-1-3-5-7-9-11-15(17)19-13-12-18-14;14-12(15)10-8-6-4-2-1-3-5-7-9-11-13(16)17/h1-13H2;1-11H2,(H,14,15)(H,16,17). The minimum absolute atomic E-state index is 0.180. The minimum atomic E-state index is -0.705. The maximum Gasteiger partial charge on any atom is 0.305 e. The lowest BCUT2D eigenvalue weighted by Crippen LogP contribution is -2.13. The van der Waals surface area contributed by atoms with Crippen molar-refractivity contribution in [2.75, 3.05) is 13.2 Å². The Bertz CT molecular complexity index is 528. The summed E-state index contributed by atoms with van der Waals surface area (Å²) in [7, 11) is 0. The van der Waals surface area contributed by atoms with Gasteiger partial charge in [-0.2, -0.15) is 0 Å². The number of cyclic esters (lactones) is 2. The molecule has 0 spiro atoms. The van der Waals surface area contributed by atoms with Gasteiger partial charge in [0.15, 0.2) is 0 Å². The first kappa shape index (κ1) is 33.9. The first-order chi connectivity index (χ1) is 17.4. The average molecular weight is 515 g/mol. The molecule has 8 nitrogen and oxygen atoms in total. The fourth-order valence-corrected chi connectivity index (χ4v) is 4.02. The van der Waals surface area contributed by atoms with Crippen LogP contribution in [0.4, 0.5) is 0 Å². The van der Waals surface area contributed by atoms with Crippen LogP contribution in [0.2, 0.25) is 0 Å². The van der Waals surface area contributed by atoms with Crippen LogP contribution in [-0.2, 0) is 28.7 Å². The van der Waals surface area contributed by atoms with Crippen molar-refractivity contribution in [1.29, 1.82) is 0 Å². The second kappa shape index (κ2) is 26.0. The molecule has 1 aliphatic rings. The summed E-state index contributed by atoms with van der Waals surface area (Å²) in [4.78, 5) is 43.2. The van der Waals surface area contributed by atoms with E-state index in [0.717, 1.165) is 64.2 Å². The first-order valence-corrected chi connectivity index (χ1v) is 14.2. The Hall–Kier alpha value is -2.12. The zero-order valence-corrected chi connectivity index (χ0v) is 22.3. The Morgan fingerprint density at radius 1 is 0.500 bits per heavy atom. The molecule has 0 saturated carbocycles. The number of carboxylic acid groups (broad SMARTS) is 2. The molecule has 210 valence electrons. The van der Waals surface area contributed by atoms with E-state index in [-0.39, 0.29) is 38.0 Å². The van der Waals surface area contributed by atoms with Crippen molar-refractivity contribution in [2.45, 2.75) is 141 Å². The van der Waals surface area contributed by atoms with Gasteiger partial charge < -0.3 is 19.7 Å². The molecule has 0 aliphatic carbocycles. The minimum Gasteiger partial charge on any atom is -0.481 e. The molecule has 1 heterocycles. The highest BCUT2D eigenvalue weighted by atomic mass is 16.6. The van der Waals surface area contributed by atoms with E-state index in [1.165, 1.54) is 51.4 Å². The fraction of sp³-hybridized carbons (Fsp3) is 0.857. The summed E-state index contributed by atoms with van der Waals surface area (Å²) in [5, 5.41) is 16.9. The molecule has 1 rings (SSSR count). The third kappa shape index (κ3) is 28.1. The van der Waals surface area contributed by atoms with Crippen LogP contribution in [0.1, 0.15) is 141 Å². The van der Waals surface area contributed by atoms with Gasteiger partial charge in [-0.25, -0.2) is 0 Å². The number of rotatable bonds is 12. The van der Waals surface area contributed by atoms with Crippen LogP contribution in [0.5, 0.6) is 0 Å². The Morgan fingerprint density at radius 2 is 0.778 bits per heavy atom. The van der Waals surface area contributed by atoms with Gasteiger partial charge in [0.1, 0.15) is 13.2 Å². The molecular formula is C28H50O8. The van der Waals surface area contributed by atoms with Crippen molar-refractivity contribution in [3.63, 3.8) is 0 Å². The third-order valence-corrected chi connectivity index (χ3v) is 6.15. The normalized spacial score (nSPS) is 16.6. The number of esters is 2. The van der Waals surface area contributed by atoms with Crippen molar-refractivity contribution < 1.29 is 38.9 Å². The molecule has 0 aromatic heterocycles. The van der Waals surface area contributed by atoms with E-state index >= 15 is 0 Å². The lowest BCUT2D eigenvalue weighted by Gasteiger charge is -2.06. The smallest absolute Gasteiger partial charge is 0.305 e. The third-order valence-electron chi connectivity index (χ3n) is 6.15. The summed E-state index contributed by atoms with van der Waals surface area (Å²) in [6.07, 6.45) is 21.0. The highest BCUT2D eigenvalue weighted by Gasteiger charge is 2.06. The molecule has 36 heavy (non-hydrogen) atoms. The van der Waals surface area contributed by atoms with Crippen molar-refractivity contribution in [2.24, 2.45) is 0 Å². The van der Waals surface area contributed by atoms with Crippen LogP contribution in [0.15, 0.2) is 0 Å². The molecule has 0 radical (unpaired) electrons. The molecule has 0 atom stereocenters. The predicted octanol–water partition coefficient (Wildman–Crippen LogP) is 6.82. The monoisotopic (exact) mass is 514 g/mol. The maximum absolute atomic E-state index is 11.3. The fourth-order valence-electron chi connectivity index (χ4n) is 4.02. The Kier molecular flexibility index (Phi) is 24.4. The Balaban J connectivity index is 0.000000686. The summed E-state index contributed by atoms with van der Waals surface area (Å²) in [5.74, 6) is -1.77. The van der Waals surface area contributed by atoms with E-state index in [4.69, 9.17) is 19.7 Å². The van der Waals surface area contributed by atoms with Crippen molar-refractivity contribution in [1.82, 2.24) is 0 Å². The van der Waals surface area contributed by atoms with E-state index in [0.29, 0.717) is 12.8 Å². The molecule has 1 aliphatic heterocycles. The van der Waals surface area contributed by atoms with Crippen molar-refractivity contribution in [3.8, 4) is 0 Å². The zero-order chi connectivity index (χ0) is 26.7. The molecule has 1 saturated heterocycles. The van der Waals surface area contributed by atoms with E-state index < -0.39 is 11.9 Å². The van der Waals surface area contributed by atoms with Crippen molar-refractivity contribution >= 4 is 23.9 Å². The molecule has 0 bridgehead atoms. The van der Waals surface area contributed by atoms with Gasteiger partial charge in [0, 0.05) is 25.7 Å². The number of carboxylic acids is 2. The Morgan fingerprint density at radius 3 is 1.08 bits per heavy atom. The quantitative estimate of drug-likeness (QED) is 0.214. The summed E-state index contributed by atoms with van der Waals surface area (Å²) in [6, 6.07) is 0.